The Kier molecular flexibility index (Phi) is 13.8. The van der Waals surface area contributed by atoms with Gasteiger partial charge in [0, 0.05) is 74.8 Å². The highest BCUT2D eigenvalue weighted by Crippen LogP contribution is 2.52. The highest BCUT2D eigenvalue weighted by atomic mass is 19.1. The number of aromatic nitrogens is 8. The maximum atomic E-state index is 17.0. The lowest BCUT2D eigenvalue weighted by Gasteiger charge is -2.33. The molecule has 10 aromatic rings. The first-order chi connectivity index (χ1) is 39.5. The zero-order valence-electron chi connectivity index (χ0n) is 47.1. The molecule has 14 rings (SSSR count). The van der Waals surface area contributed by atoms with Gasteiger partial charge < -0.3 is 28.8 Å². The molecule has 0 radical (unpaired) electrons. The number of benzene rings is 4. The fourth-order valence-corrected chi connectivity index (χ4v) is 14.0. The van der Waals surface area contributed by atoms with Crippen LogP contribution in [0.1, 0.15) is 111 Å². The third-order valence-corrected chi connectivity index (χ3v) is 18.4. The molecular formula is C66H68F4N8O4. The Morgan fingerprint density at radius 3 is 1.22 bits per heavy atom. The molecule has 2 aliphatic carbocycles. The molecule has 4 atom stereocenters. The van der Waals surface area contributed by atoms with Crippen molar-refractivity contribution in [3.05, 3.63) is 166 Å². The number of fused-ring (bicyclic) bond motifs is 6. The molecular weight excluding hydrogens is 1040 g/mol. The molecule has 2 aliphatic heterocycles. The van der Waals surface area contributed by atoms with Crippen LogP contribution in [0.15, 0.2) is 110 Å². The largest absolute Gasteiger partial charge is 0.385 e. The Labute approximate surface area is 473 Å². The number of pyridine rings is 2. The topological polar surface area (TPSA) is 130 Å². The van der Waals surface area contributed by atoms with Crippen molar-refractivity contribution in [2.75, 3.05) is 26.4 Å². The van der Waals surface area contributed by atoms with Gasteiger partial charge in [0.05, 0.1) is 91.3 Å². The second kappa shape index (κ2) is 20.9. The Morgan fingerprint density at radius 2 is 0.890 bits per heavy atom. The van der Waals surface area contributed by atoms with Gasteiger partial charge in [-0.25, -0.2) is 17.6 Å². The van der Waals surface area contributed by atoms with E-state index in [1.165, 1.54) is 12.1 Å². The van der Waals surface area contributed by atoms with Crippen molar-refractivity contribution in [2.45, 2.75) is 102 Å². The molecule has 424 valence electrons. The molecule has 4 aliphatic rings. The smallest absolute Gasteiger partial charge is 0.156 e. The molecule has 0 bridgehead atoms. The molecule has 4 aromatic carbocycles. The Morgan fingerprint density at radius 1 is 0.524 bits per heavy atom. The standard InChI is InChI=1S/2C33H34F2N4O2/c2*1-19-17-37-38(3)30(19)22-15-26-29(36-18-22)24-16-25(34)27(33(2,40)23-9-10-23)28(35)32(24)39(26)31(20-7-5-4-6-8-20)21-11-13-41-14-12-21/h2*4-8,15-18,21,23,31,40H,9-14H2,1-3H3/t2*31-,33?/m11/s1. The van der Waals surface area contributed by atoms with Gasteiger partial charge in [-0.2, -0.15) is 10.2 Å². The average molecular weight is 1110 g/mol. The molecule has 82 heavy (non-hydrogen) atoms. The van der Waals surface area contributed by atoms with E-state index in [1.807, 2.05) is 107 Å². The van der Waals surface area contributed by atoms with Gasteiger partial charge in [0.25, 0.3) is 0 Å². The van der Waals surface area contributed by atoms with E-state index >= 15 is 17.6 Å². The van der Waals surface area contributed by atoms with Crippen molar-refractivity contribution < 1.29 is 37.2 Å². The van der Waals surface area contributed by atoms with Crippen molar-refractivity contribution in [1.82, 2.24) is 38.7 Å². The van der Waals surface area contributed by atoms with Gasteiger partial charge in [0.2, 0.25) is 0 Å². The van der Waals surface area contributed by atoms with Crippen LogP contribution >= 0.6 is 0 Å². The minimum atomic E-state index is -1.60. The predicted molar refractivity (Wildman–Crippen MR) is 309 cm³/mol. The summed E-state index contributed by atoms with van der Waals surface area (Å²) in [6.07, 6.45) is 13.4. The highest BCUT2D eigenvalue weighted by Gasteiger charge is 2.47. The quantitative estimate of drug-likeness (QED) is 0.116. The van der Waals surface area contributed by atoms with E-state index in [1.54, 1.807) is 26.2 Å². The number of aliphatic hydroxyl groups is 2. The van der Waals surface area contributed by atoms with Gasteiger partial charge in [-0.3, -0.25) is 19.3 Å². The number of nitrogens with zero attached hydrogens (tertiary/aromatic N) is 8. The van der Waals surface area contributed by atoms with E-state index in [0.29, 0.717) is 48.2 Å². The second-order valence-corrected chi connectivity index (χ2v) is 23.9. The molecule has 2 unspecified atom stereocenters. The summed E-state index contributed by atoms with van der Waals surface area (Å²) in [4.78, 5) is 9.66. The van der Waals surface area contributed by atoms with Crippen LogP contribution < -0.4 is 0 Å². The number of halogens is 4. The average Bonchev–Trinajstić information content (AvgIpc) is 3.02. The minimum Gasteiger partial charge on any atom is -0.385 e. The third-order valence-electron chi connectivity index (χ3n) is 18.4. The zero-order valence-corrected chi connectivity index (χ0v) is 47.1. The SMILES string of the molecule is Cc1cnn(C)c1-c1cnc2c3cc(F)c(C(C)(O)C4CC4)c(F)c3n([C@H](c3ccccc3)C3CCOCC3)c2c1.Cc1cnn(C)c1-c1cnc2c3cc(F)c(C(C)(O)C4CC4)c(F)c3n([C@H](c3ccccc3)C3CCOCC3)c2c1. The van der Waals surface area contributed by atoms with Gasteiger partial charge in [-0.1, -0.05) is 60.7 Å². The zero-order chi connectivity index (χ0) is 56.9. The van der Waals surface area contributed by atoms with Gasteiger partial charge in [-0.15, -0.1) is 0 Å². The Balaban J connectivity index is 0.000000154. The molecule has 6 aromatic heterocycles. The normalized spacial score (nSPS) is 18.7. The summed E-state index contributed by atoms with van der Waals surface area (Å²) in [6.45, 7) is 9.59. The van der Waals surface area contributed by atoms with Gasteiger partial charge >= 0.3 is 0 Å². The van der Waals surface area contributed by atoms with E-state index in [-0.39, 0.29) is 57.9 Å². The highest BCUT2D eigenvalue weighted by molar-refractivity contribution is 6.08. The van der Waals surface area contributed by atoms with Crippen LogP contribution in [0.4, 0.5) is 17.6 Å². The van der Waals surface area contributed by atoms with Crippen molar-refractivity contribution in [2.24, 2.45) is 37.8 Å². The van der Waals surface area contributed by atoms with Crippen molar-refractivity contribution >= 4 is 43.9 Å². The van der Waals surface area contributed by atoms with E-state index in [2.05, 4.69) is 34.5 Å². The van der Waals surface area contributed by atoms with E-state index < -0.39 is 34.5 Å². The number of aryl methyl sites for hydroxylation is 4. The summed E-state index contributed by atoms with van der Waals surface area (Å²) in [7, 11) is 3.77. The molecule has 2 saturated heterocycles. The predicted octanol–water partition coefficient (Wildman–Crippen LogP) is 13.6. The van der Waals surface area contributed by atoms with Crippen LogP contribution in [0.3, 0.4) is 0 Å². The lowest BCUT2D eigenvalue weighted by atomic mass is 9.86. The van der Waals surface area contributed by atoms with Crippen molar-refractivity contribution in [3.63, 3.8) is 0 Å². The first-order valence-corrected chi connectivity index (χ1v) is 28.9. The number of rotatable bonds is 12. The first-order valence-electron chi connectivity index (χ1n) is 28.9. The molecule has 2 N–H and O–H groups in total. The van der Waals surface area contributed by atoms with Crippen LogP contribution in [0, 0.1) is 60.8 Å². The molecule has 2 saturated carbocycles. The van der Waals surface area contributed by atoms with Gasteiger partial charge in [0.1, 0.15) is 11.6 Å². The number of hydrogen-bond acceptors (Lipinski definition) is 8. The monoisotopic (exact) mass is 1110 g/mol. The lowest BCUT2D eigenvalue weighted by Crippen LogP contribution is -2.29. The lowest BCUT2D eigenvalue weighted by molar-refractivity contribution is 0.0254. The van der Waals surface area contributed by atoms with Crippen LogP contribution in [0.2, 0.25) is 0 Å². The van der Waals surface area contributed by atoms with E-state index in [4.69, 9.17) is 19.4 Å². The molecule has 0 amide bonds. The molecule has 0 spiro atoms. The van der Waals surface area contributed by atoms with Crippen LogP contribution in [0.5, 0.6) is 0 Å². The first kappa shape index (κ1) is 54.0. The number of hydrogen-bond donors (Lipinski definition) is 2. The Bertz CT molecular complexity index is 3750. The van der Waals surface area contributed by atoms with E-state index in [9.17, 15) is 10.2 Å². The third kappa shape index (κ3) is 9.11. The van der Waals surface area contributed by atoms with Crippen LogP contribution in [-0.4, -0.2) is 75.3 Å². The Hall–Kier alpha value is -7.24. The summed E-state index contributed by atoms with van der Waals surface area (Å²) in [5.74, 6) is -2.90. The molecule has 8 heterocycles. The molecule has 12 nitrogen and oxygen atoms in total. The van der Waals surface area contributed by atoms with Crippen LogP contribution in [0.25, 0.3) is 66.4 Å². The van der Waals surface area contributed by atoms with Crippen molar-refractivity contribution in [3.8, 4) is 22.5 Å². The summed E-state index contributed by atoms with van der Waals surface area (Å²) in [6, 6.07) is 26.5. The fourth-order valence-electron chi connectivity index (χ4n) is 14.0. The van der Waals surface area contributed by atoms with Crippen molar-refractivity contribution in [1.29, 1.82) is 0 Å². The summed E-state index contributed by atoms with van der Waals surface area (Å²) < 4.78 is 84.7. The summed E-state index contributed by atoms with van der Waals surface area (Å²) >= 11 is 0. The number of ether oxygens (including phenoxy) is 2. The minimum absolute atomic E-state index is 0.156. The summed E-state index contributed by atoms with van der Waals surface area (Å²) in [5.41, 5.74) is 6.99. The van der Waals surface area contributed by atoms with Gasteiger partial charge in [0.15, 0.2) is 11.6 Å². The second-order valence-electron chi connectivity index (χ2n) is 23.9. The fraction of sp³-hybridized carbons (Fsp3) is 0.394. The van der Waals surface area contributed by atoms with Crippen LogP contribution in [-0.2, 0) is 34.8 Å². The van der Waals surface area contributed by atoms with Gasteiger partial charge in [-0.05, 0) is 149 Å². The maximum Gasteiger partial charge on any atom is 0.156 e. The maximum absolute atomic E-state index is 17.0. The summed E-state index contributed by atoms with van der Waals surface area (Å²) in [5, 5.41) is 32.5. The molecule has 16 heteroatoms. The van der Waals surface area contributed by atoms with E-state index in [0.717, 1.165) is 107 Å². The molecule has 4 fully saturated rings.